The molecule has 16 heavy (non-hydrogen) atoms. The minimum Gasteiger partial charge on any atom is -0.350 e. The van der Waals surface area contributed by atoms with Gasteiger partial charge >= 0.3 is 0 Å². The van der Waals surface area contributed by atoms with Crippen molar-refractivity contribution >= 4 is 15.9 Å². The monoisotopic (exact) mass is 292 g/mol. The van der Waals surface area contributed by atoms with E-state index in [0.29, 0.717) is 4.83 Å². The Labute approximate surface area is 108 Å². The van der Waals surface area contributed by atoms with Gasteiger partial charge in [-0.3, -0.25) is 0 Å². The molecule has 2 nitrogen and oxygen atoms in total. The zero-order valence-corrected chi connectivity index (χ0v) is 12.2. The van der Waals surface area contributed by atoms with Crippen molar-refractivity contribution in [2.24, 2.45) is 0 Å². The number of hydrogen-bond donors (Lipinski definition) is 0. The minimum absolute atomic E-state index is 0.281. The Kier molecular flexibility index (Phi) is 6.94. The SMILES string of the molecule is CCCCCCOC1(CC)CCC(Br)CO1. The van der Waals surface area contributed by atoms with Crippen LogP contribution >= 0.6 is 15.9 Å². The van der Waals surface area contributed by atoms with Gasteiger partial charge in [-0.15, -0.1) is 0 Å². The maximum Gasteiger partial charge on any atom is 0.168 e. The van der Waals surface area contributed by atoms with E-state index in [2.05, 4.69) is 29.8 Å². The second-order valence-corrected chi connectivity index (χ2v) is 5.92. The van der Waals surface area contributed by atoms with Crippen molar-refractivity contribution < 1.29 is 9.47 Å². The molecule has 96 valence electrons. The molecule has 2 atom stereocenters. The Morgan fingerprint density at radius 3 is 2.69 bits per heavy atom. The third kappa shape index (κ3) is 4.72. The average Bonchev–Trinajstić information content (AvgIpc) is 2.32. The summed E-state index contributed by atoms with van der Waals surface area (Å²) in [5.41, 5.74) is 0. The number of ether oxygens (including phenoxy) is 2. The van der Waals surface area contributed by atoms with Gasteiger partial charge in [0.25, 0.3) is 0 Å². The van der Waals surface area contributed by atoms with E-state index in [1.165, 1.54) is 19.3 Å². The summed E-state index contributed by atoms with van der Waals surface area (Å²) in [4.78, 5) is 0.510. The Balaban J connectivity index is 2.20. The molecule has 0 aromatic heterocycles. The quantitative estimate of drug-likeness (QED) is 0.515. The van der Waals surface area contributed by atoms with Crippen LogP contribution < -0.4 is 0 Å². The molecule has 2 unspecified atom stereocenters. The highest BCUT2D eigenvalue weighted by molar-refractivity contribution is 9.09. The van der Waals surface area contributed by atoms with Crippen LogP contribution in [0.5, 0.6) is 0 Å². The Morgan fingerprint density at radius 1 is 1.31 bits per heavy atom. The Morgan fingerprint density at radius 2 is 2.12 bits per heavy atom. The van der Waals surface area contributed by atoms with Gasteiger partial charge in [-0.1, -0.05) is 49.0 Å². The van der Waals surface area contributed by atoms with Crippen LogP contribution in [0.1, 0.15) is 58.8 Å². The van der Waals surface area contributed by atoms with E-state index in [-0.39, 0.29) is 5.79 Å². The predicted octanol–water partition coefficient (Wildman–Crippen LogP) is 4.26. The van der Waals surface area contributed by atoms with Crippen molar-refractivity contribution in [2.75, 3.05) is 13.2 Å². The fourth-order valence-electron chi connectivity index (χ4n) is 2.06. The molecule has 1 heterocycles. The summed E-state index contributed by atoms with van der Waals surface area (Å²) < 4.78 is 11.8. The van der Waals surface area contributed by atoms with Gasteiger partial charge in [-0.2, -0.15) is 0 Å². The van der Waals surface area contributed by atoms with Crippen molar-refractivity contribution in [3.8, 4) is 0 Å². The number of rotatable bonds is 7. The first-order valence-electron chi connectivity index (χ1n) is 6.64. The van der Waals surface area contributed by atoms with Gasteiger partial charge in [0.1, 0.15) is 0 Å². The molecule has 0 aromatic rings. The molecule has 0 aliphatic carbocycles. The van der Waals surface area contributed by atoms with Crippen LogP contribution in [0.25, 0.3) is 0 Å². The molecule has 3 heteroatoms. The smallest absolute Gasteiger partial charge is 0.168 e. The van der Waals surface area contributed by atoms with Crippen LogP contribution in [0.15, 0.2) is 0 Å². The first kappa shape index (κ1) is 14.5. The molecule has 0 N–H and O–H groups in total. The molecule has 0 amide bonds. The molecule has 0 radical (unpaired) electrons. The van der Waals surface area contributed by atoms with Crippen LogP contribution in [0.3, 0.4) is 0 Å². The van der Waals surface area contributed by atoms with Crippen molar-refractivity contribution in [3.63, 3.8) is 0 Å². The lowest BCUT2D eigenvalue weighted by Crippen LogP contribution is -2.42. The van der Waals surface area contributed by atoms with Gasteiger partial charge in [-0.05, 0) is 19.3 Å². The van der Waals surface area contributed by atoms with Crippen LogP contribution in [0.2, 0.25) is 0 Å². The zero-order valence-electron chi connectivity index (χ0n) is 10.6. The van der Waals surface area contributed by atoms with Crippen molar-refractivity contribution in [1.82, 2.24) is 0 Å². The van der Waals surface area contributed by atoms with Gasteiger partial charge in [0.15, 0.2) is 5.79 Å². The second-order valence-electron chi connectivity index (χ2n) is 4.62. The zero-order chi connectivity index (χ0) is 11.9. The van der Waals surface area contributed by atoms with Crippen LogP contribution in [-0.2, 0) is 9.47 Å². The Bertz CT molecular complexity index is 177. The average molecular weight is 293 g/mol. The molecule has 0 bridgehead atoms. The molecule has 0 spiro atoms. The summed E-state index contributed by atoms with van der Waals surface area (Å²) in [7, 11) is 0. The molecule has 1 aliphatic rings. The first-order chi connectivity index (χ1) is 7.72. The van der Waals surface area contributed by atoms with Crippen molar-refractivity contribution in [1.29, 1.82) is 0 Å². The summed E-state index contributed by atoms with van der Waals surface area (Å²) in [5.74, 6) is -0.281. The molecule has 0 saturated carbocycles. The molecule has 1 aliphatic heterocycles. The summed E-state index contributed by atoms with van der Waals surface area (Å²) in [6.45, 7) is 6.01. The number of unbranched alkanes of at least 4 members (excludes halogenated alkanes) is 3. The lowest BCUT2D eigenvalue weighted by Gasteiger charge is -2.38. The molecule has 1 fully saturated rings. The van der Waals surface area contributed by atoms with Gasteiger partial charge < -0.3 is 9.47 Å². The topological polar surface area (TPSA) is 18.5 Å². The molecule has 1 saturated heterocycles. The maximum atomic E-state index is 5.97. The molecular formula is C13H25BrO2. The third-order valence-electron chi connectivity index (χ3n) is 3.27. The van der Waals surface area contributed by atoms with E-state index >= 15 is 0 Å². The van der Waals surface area contributed by atoms with Gasteiger partial charge in [-0.25, -0.2) is 0 Å². The predicted molar refractivity (Wildman–Crippen MR) is 71.0 cm³/mol. The van der Waals surface area contributed by atoms with Crippen LogP contribution in [-0.4, -0.2) is 23.8 Å². The third-order valence-corrected chi connectivity index (χ3v) is 3.99. The number of halogens is 1. The van der Waals surface area contributed by atoms with E-state index in [1.54, 1.807) is 0 Å². The lowest BCUT2D eigenvalue weighted by molar-refractivity contribution is -0.255. The summed E-state index contributed by atoms with van der Waals surface area (Å²) in [6, 6.07) is 0. The lowest BCUT2D eigenvalue weighted by atomic mass is 10.0. The maximum absolute atomic E-state index is 5.97. The van der Waals surface area contributed by atoms with Crippen LogP contribution in [0.4, 0.5) is 0 Å². The largest absolute Gasteiger partial charge is 0.350 e. The first-order valence-corrected chi connectivity index (χ1v) is 7.56. The summed E-state index contributed by atoms with van der Waals surface area (Å²) >= 11 is 3.59. The highest BCUT2D eigenvalue weighted by Gasteiger charge is 2.34. The standard InChI is InChI=1S/C13H25BrO2/c1-3-5-6-7-10-15-13(4-2)9-8-12(14)11-16-13/h12H,3-11H2,1-2H3. The van der Waals surface area contributed by atoms with E-state index < -0.39 is 0 Å². The minimum atomic E-state index is -0.281. The fourth-order valence-corrected chi connectivity index (χ4v) is 2.42. The van der Waals surface area contributed by atoms with Gasteiger partial charge in [0.05, 0.1) is 13.2 Å². The molecule has 1 rings (SSSR count). The van der Waals surface area contributed by atoms with Crippen molar-refractivity contribution in [3.05, 3.63) is 0 Å². The second kappa shape index (κ2) is 7.67. The number of alkyl halides is 1. The van der Waals surface area contributed by atoms with E-state index in [1.807, 2.05) is 0 Å². The summed E-state index contributed by atoms with van der Waals surface area (Å²) in [5, 5.41) is 0. The van der Waals surface area contributed by atoms with Gasteiger partial charge in [0, 0.05) is 11.2 Å². The van der Waals surface area contributed by atoms with E-state index in [9.17, 15) is 0 Å². The number of hydrogen-bond acceptors (Lipinski definition) is 2. The molecule has 0 aromatic carbocycles. The van der Waals surface area contributed by atoms with E-state index in [4.69, 9.17) is 9.47 Å². The normalized spacial score (nSPS) is 30.6. The molecular weight excluding hydrogens is 268 g/mol. The Hall–Kier alpha value is 0.400. The van der Waals surface area contributed by atoms with E-state index in [0.717, 1.165) is 38.9 Å². The van der Waals surface area contributed by atoms with Crippen LogP contribution in [0, 0.1) is 0 Å². The summed E-state index contributed by atoms with van der Waals surface area (Å²) in [6.07, 6.45) is 8.16. The highest BCUT2D eigenvalue weighted by atomic mass is 79.9. The fraction of sp³-hybridized carbons (Fsp3) is 1.00. The highest BCUT2D eigenvalue weighted by Crippen LogP contribution is 2.32. The van der Waals surface area contributed by atoms with Gasteiger partial charge in [0.2, 0.25) is 0 Å². The van der Waals surface area contributed by atoms with Crippen molar-refractivity contribution in [2.45, 2.75) is 69.4 Å².